The maximum atomic E-state index is 14.0. The van der Waals surface area contributed by atoms with Crippen LogP contribution in [0.4, 0.5) is 5.69 Å². The monoisotopic (exact) mass is 682 g/mol. The van der Waals surface area contributed by atoms with Gasteiger partial charge in [0.15, 0.2) is 29.7 Å². The van der Waals surface area contributed by atoms with Crippen molar-refractivity contribution in [3.8, 4) is 11.5 Å². The van der Waals surface area contributed by atoms with E-state index in [1.165, 1.54) is 0 Å². The first-order valence-electron chi connectivity index (χ1n) is 15.2. The van der Waals surface area contributed by atoms with Crippen molar-refractivity contribution < 1.29 is 23.9 Å². The number of nitrogens with one attached hydrogen (secondary N) is 1. The SMILES string of the molecule is CCOc1cc(C2C3=C(CC(C)(C)CC3=O)N(CC)C3=C2C(=O)CC(C)(C)C3)cc(Br)c1OCC(=O)Nc1ccc(Cl)cc1. The minimum atomic E-state index is -0.507. The number of allylic oxidation sites excluding steroid dienone is 4. The number of rotatable bonds is 8. The first-order valence-corrected chi connectivity index (χ1v) is 16.3. The van der Waals surface area contributed by atoms with Crippen LogP contribution >= 0.6 is 27.5 Å². The molecule has 1 aliphatic heterocycles. The zero-order chi connectivity index (χ0) is 32.0. The Morgan fingerprint density at radius 3 is 2.02 bits per heavy atom. The fourth-order valence-electron chi connectivity index (χ4n) is 6.79. The van der Waals surface area contributed by atoms with Crippen LogP contribution < -0.4 is 14.8 Å². The summed E-state index contributed by atoms with van der Waals surface area (Å²) >= 11 is 9.62. The second kappa shape index (κ2) is 12.4. The van der Waals surface area contributed by atoms with Crippen LogP contribution in [0.3, 0.4) is 0 Å². The Morgan fingerprint density at radius 2 is 1.50 bits per heavy atom. The quantitative estimate of drug-likeness (QED) is 0.302. The summed E-state index contributed by atoms with van der Waals surface area (Å²) in [4.78, 5) is 42.9. The lowest BCUT2D eigenvalue weighted by Crippen LogP contribution is -2.44. The van der Waals surface area contributed by atoms with Crippen LogP contribution in [0.2, 0.25) is 5.02 Å². The molecule has 1 amide bonds. The van der Waals surface area contributed by atoms with E-state index in [1.807, 2.05) is 19.1 Å². The number of anilines is 1. The molecule has 44 heavy (non-hydrogen) atoms. The number of amides is 1. The van der Waals surface area contributed by atoms with E-state index >= 15 is 0 Å². The average molecular weight is 684 g/mol. The number of nitrogens with zero attached hydrogens (tertiary/aromatic N) is 1. The lowest BCUT2D eigenvalue weighted by molar-refractivity contribution is -0.120. The van der Waals surface area contributed by atoms with Crippen molar-refractivity contribution >= 4 is 50.7 Å². The van der Waals surface area contributed by atoms with E-state index in [0.717, 1.165) is 29.8 Å². The number of halogens is 2. The summed E-state index contributed by atoms with van der Waals surface area (Å²) < 4.78 is 12.6. The van der Waals surface area contributed by atoms with Gasteiger partial charge in [-0.2, -0.15) is 0 Å². The van der Waals surface area contributed by atoms with Gasteiger partial charge in [-0.1, -0.05) is 39.3 Å². The highest BCUT2D eigenvalue weighted by Gasteiger charge is 2.48. The summed E-state index contributed by atoms with van der Waals surface area (Å²) in [5, 5.41) is 3.37. The normalized spacial score (nSPS) is 19.5. The van der Waals surface area contributed by atoms with E-state index in [9.17, 15) is 14.4 Å². The molecule has 3 aliphatic rings. The Bertz CT molecular complexity index is 1520. The molecule has 5 rings (SSSR count). The van der Waals surface area contributed by atoms with Gasteiger partial charge < -0.3 is 19.7 Å². The minimum Gasteiger partial charge on any atom is -0.490 e. The fraction of sp³-hybridized carbons (Fsp3) is 0.457. The van der Waals surface area contributed by atoms with E-state index in [1.54, 1.807) is 24.3 Å². The van der Waals surface area contributed by atoms with Crippen molar-refractivity contribution in [3.63, 3.8) is 0 Å². The zero-order valence-electron chi connectivity index (χ0n) is 26.2. The smallest absolute Gasteiger partial charge is 0.262 e. The number of ether oxygens (including phenoxy) is 2. The number of hydrogen-bond acceptors (Lipinski definition) is 6. The van der Waals surface area contributed by atoms with Gasteiger partial charge >= 0.3 is 0 Å². The largest absolute Gasteiger partial charge is 0.490 e. The molecule has 0 radical (unpaired) electrons. The van der Waals surface area contributed by atoms with Gasteiger partial charge in [-0.05, 0) is 95.4 Å². The van der Waals surface area contributed by atoms with Gasteiger partial charge in [0.25, 0.3) is 5.91 Å². The van der Waals surface area contributed by atoms with E-state index in [-0.39, 0.29) is 34.9 Å². The standard InChI is InChI=1S/C35H40BrClN2O5/c1-7-39-24-15-34(3,4)17-26(40)31(24)30(32-25(39)16-35(5,6)18-27(32)41)20-13-23(36)33(28(14-20)43-8-2)44-19-29(42)38-22-11-9-21(37)10-12-22/h9-14,30H,7-8,15-19H2,1-6H3,(H,38,42). The maximum Gasteiger partial charge on any atom is 0.262 e. The van der Waals surface area contributed by atoms with Gasteiger partial charge in [0, 0.05) is 58.6 Å². The average Bonchev–Trinajstić information content (AvgIpc) is 2.91. The van der Waals surface area contributed by atoms with Gasteiger partial charge in [-0.3, -0.25) is 14.4 Å². The predicted molar refractivity (Wildman–Crippen MR) is 176 cm³/mol. The summed E-state index contributed by atoms with van der Waals surface area (Å²) in [5.41, 5.74) is 4.51. The Hall–Kier alpha value is -3.10. The third kappa shape index (κ3) is 6.47. The molecule has 0 unspecified atom stereocenters. The molecule has 1 heterocycles. The predicted octanol–water partition coefficient (Wildman–Crippen LogP) is 8.22. The van der Waals surface area contributed by atoms with Gasteiger partial charge in [0.1, 0.15) is 0 Å². The molecule has 9 heteroatoms. The van der Waals surface area contributed by atoms with Crippen molar-refractivity contribution in [1.29, 1.82) is 0 Å². The van der Waals surface area contributed by atoms with Crippen LogP contribution in [0, 0.1) is 10.8 Å². The van der Waals surface area contributed by atoms with Crippen LogP contribution in [0.15, 0.2) is 63.4 Å². The highest BCUT2D eigenvalue weighted by molar-refractivity contribution is 9.10. The Balaban J connectivity index is 1.56. The molecule has 234 valence electrons. The third-order valence-electron chi connectivity index (χ3n) is 8.48. The Labute approximate surface area is 273 Å². The van der Waals surface area contributed by atoms with Gasteiger partial charge in [-0.15, -0.1) is 0 Å². The number of carbonyl (C=O) groups is 3. The molecule has 2 aliphatic carbocycles. The molecule has 7 nitrogen and oxygen atoms in total. The number of hydrogen-bond donors (Lipinski definition) is 1. The lowest BCUT2D eigenvalue weighted by Gasteiger charge is -2.49. The van der Waals surface area contributed by atoms with Gasteiger partial charge in [-0.25, -0.2) is 0 Å². The van der Waals surface area contributed by atoms with Gasteiger partial charge in [0.05, 0.1) is 11.1 Å². The number of Topliss-reactive ketones (excluding diaryl/α,β-unsaturated/α-hetero) is 2. The molecule has 1 N–H and O–H groups in total. The molecular weight excluding hydrogens is 644 g/mol. The summed E-state index contributed by atoms with van der Waals surface area (Å²) in [6.45, 7) is 13.3. The van der Waals surface area contributed by atoms with Crippen molar-refractivity contribution in [1.82, 2.24) is 4.90 Å². The van der Waals surface area contributed by atoms with Crippen molar-refractivity contribution in [2.75, 3.05) is 25.1 Å². The summed E-state index contributed by atoms with van der Waals surface area (Å²) in [7, 11) is 0. The summed E-state index contributed by atoms with van der Waals surface area (Å²) in [5.74, 6) is 0.129. The molecule has 2 aromatic rings. The van der Waals surface area contributed by atoms with Crippen molar-refractivity contribution in [2.45, 2.75) is 73.1 Å². The van der Waals surface area contributed by atoms with Crippen molar-refractivity contribution in [2.24, 2.45) is 10.8 Å². The van der Waals surface area contributed by atoms with E-state index < -0.39 is 5.92 Å². The molecule has 0 saturated carbocycles. The maximum absolute atomic E-state index is 14.0. The fourth-order valence-corrected chi connectivity index (χ4v) is 7.49. The van der Waals surface area contributed by atoms with Crippen LogP contribution in [0.25, 0.3) is 0 Å². The molecule has 0 atom stereocenters. The van der Waals surface area contributed by atoms with Crippen molar-refractivity contribution in [3.05, 3.63) is 74.0 Å². The molecule has 0 aromatic heterocycles. The summed E-state index contributed by atoms with van der Waals surface area (Å²) in [6, 6.07) is 10.6. The van der Waals surface area contributed by atoms with E-state index in [2.05, 4.69) is 60.8 Å². The molecule has 0 spiro atoms. The van der Waals surface area contributed by atoms with E-state index in [4.69, 9.17) is 21.1 Å². The Morgan fingerprint density at radius 1 is 0.932 bits per heavy atom. The van der Waals surface area contributed by atoms with E-state index in [0.29, 0.717) is 63.8 Å². The first-order chi connectivity index (χ1) is 20.7. The highest BCUT2D eigenvalue weighted by Crippen LogP contribution is 2.55. The molecule has 2 aromatic carbocycles. The number of ketones is 2. The van der Waals surface area contributed by atoms with Crippen LogP contribution in [0.5, 0.6) is 11.5 Å². The Kier molecular flexibility index (Phi) is 9.07. The van der Waals surface area contributed by atoms with Gasteiger partial charge in [0.2, 0.25) is 0 Å². The molecule has 0 bridgehead atoms. The summed E-state index contributed by atoms with van der Waals surface area (Å²) in [6.07, 6.45) is 2.36. The highest BCUT2D eigenvalue weighted by atomic mass is 79.9. The lowest BCUT2D eigenvalue weighted by atomic mass is 9.63. The molecular formula is C35H40BrClN2O5. The van der Waals surface area contributed by atoms with Crippen LogP contribution in [-0.2, 0) is 14.4 Å². The number of benzene rings is 2. The second-order valence-corrected chi connectivity index (χ2v) is 14.7. The zero-order valence-corrected chi connectivity index (χ0v) is 28.6. The second-order valence-electron chi connectivity index (χ2n) is 13.4. The van der Waals surface area contributed by atoms with Crippen LogP contribution in [0.1, 0.15) is 78.7 Å². The minimum absolute atomic E-state index is 0.0807. The number of carbonyl (C=O) groups excluding carboxylic acids is 3. The molecule has 0 saturated heterocycles. The van der Waals surface area contributed by atoms with Crippen LogP contribution in [-0.4, -0.2) is 42.1 Å². The topological polar surface area (TPSA) is 84.9 Å². The first kappa shape index (κ1) is 32.3. The third-order valence-corrected chi connectivity index (χ3v) is 9.32. The molecule has 0 fully saturated rings.